The normalized spacial score (nSPS) is 12.6. The summed E-state index contributed by atoms with van der Waals surface area (Å²) in [5, 5.41) is 14.2. The van der Waals surface area contributed by atoms with Crippen molar-refractivity contribution in [3.05, 3.63) is 29.8 Å². The molecule has 0 heterocycles. The van der Waals surface area contributed by atoms with Gasteiger partial charge >= 0.3 is 12.0 Å². The maximum atomic E-state index is 11.8. The van der Waals surface area contributed by atoms with Gasteiger partial charge in [-0.1, -0.05) is 38.5 Å². The first-order chi connectivity index (χ1) is 8.70. The summed E-state index contributed by atoms with van der Waals surface area (Å²) < 4.78 is 0. The van der Waals surface area contributed by atoms with Crippen molar-refractivity contribution in [3.63, 3.8) is 0 Å². The zero-order valence-electron chi connectivity index (χ0n) is 11.7. The van der Waals surface area contributed by atoms with E-state index in [9.17, 15) is 9.59 Å². The van der Waals surface area contributed by atoms with Crippen LogP contribution in [0.1, 0.15) is 26.3 Å². The van der Waals surface area contributed by atoms with E-state index in [1.54, 1.807) is 32.9 Å². The zero-order chi connectivity index (χ0) is 14.6. The SMILES string of the molecule is Cc1ccc(NC(=O)N[C@H](C(=O)O)C(C)(C)C)cc1. The Morgan fingerprint density at radius 3 is 2.11 bits per heavy atom. The topological polar surface area (TPSA) is 78.4 Å². The van der Waals surface area contributed by atoms with Crippen LogP contribution in [0.5, 0.6) is 0 Å². The third kappa shape index (κ3) is 4.62. The first kappa shape index (κ1) is 15.0. The Morgan fingerprint density at radius 1 is 1.16 bits per heavy atom. The summed E-state index contributed by atoms with van der Waals surface area (Å²) in [5.74, 6) is -1.05. The molecule has 5 heteroatoms. The van der Waals surface area contributed by atoms with Gasteiger partial charge in [0.15, 0.2) is 0 Å². The van der Waals surface area contributed by atoms with Crippen LogP contribution in [0.2, 0.25) is 0 Å². The fourth-order valence-electron chi connectivity index (χ4n) is 1.58. The lowest BCUT2D eigenvalue weighted by Gasteiger charge is -2.27. The molecule has 1 atom stereocenters. The molecule has 5 nitrogen and oxygen atoms in total. The molecule has 1 aromatic carbocycles. The van der Waals surface area contributed by atoms with Gasteiger partial charge in [0.05, 0.1) is 0 Å². The van der Waals surface area contributed by atoms with Gasteiger partial charge in [-0.25, -0.2) is 9.59 Å². The minimum Gasteiger partial charge on any atom is -0.480 e. The fraction of sp³-hybridized carbons (Fsp3) is 0.429. The van der Waals surface area contributed by atoms with Gasteiger partial charge in [0.1, 0.15) is 6.04 Å². The Labute approximate surface area is 113 Å². The summed E-state index contributed by atoms with van der Waals surface area (Å²) >= 11 is 0. The van der Waals surface area contributed by atoms with E-state index in [2.05, 4.69) is 10.6 Å². The number of carboxylic acids is 1. The van der Waals surface area contributed by atoms with Gasteiger partial charge in [-0.2, -0.15) is 0 Å². The molecule has 0 spiro atoms. The second kappa shape index (κ2) is 5.73. The molecular formula is C14H20N2O3. The molecule has 0 aliphatic heterocycles. The number of carbonyl (C=O) groups excluding carboxylic acids is 1. The van der Waals surface area contributed by atoms with E-state index in [4.69, 9.17) is 5.11 Å². The van der Waals surface area contributed by atoms with Gasteiger partial charge in [0.2, 0.25) is 0 Å². The first-order valence-corrected chi connectivity index (χ1v) is 6.07. The number of hydrogen-bond acceptors (Lipinski definition) is 2. The van der Waals surface area contributed by atoms with Gasteiger partial charge in [-0.3, -0.25) is 0 Å². The summed E-state index contributed by atoms with van der Waals surface area (Å²) in [6.07, 6.45) is 0. The standard InChI is InChI=1S/C14H20N2O3/c1-9-5-7-10(8-6-9)15-13(19)16-11(12(17)18)14(2,3)4/h5-8,11H,1-4H3,(H,17,18)(H2,15,16,19)/t11-/m1/s1. The van der Waals surface area contributed by atoms with Crippen LogP contribution in [0.3, 0.4) is 0 Å². The first-order valence-electron chi connectivity index (χ1n) is 6.07. The van der Waals surface area contributed by atoms with Crippen molar-refractivity contribution in [2.24, 2.45) is 5.41 Å². The van der Waals surface area contributed by atoms with Crippen molar-refractivity contribution in [3.8, 4) is 0 Å². The Morgan fingerprint density at radius 2 is 1.68 bits per heavy atom. The number of nitrogens with one attached hydrogen (secondary N) is 2. The number of benzene rings is 1. The highest BCUT2D eigenvalue weighted by molar-refractivity contribution is 5.92. The van der Waals surface area contributed by atoms with Crippen LogP contribution in [0.15, 0.2) is 24.3 Å². The molecule has 0 aliphatic carbocycles. The molecule has 3 N–H and O–H groups in total. The van der Waals surface area contributed by atoms with Crippen LogP contribution < -0.4 is 10.6 Å². The number of hydrogen-bond donors (Lipinski definition) is 3. The fourth-order valence-corrected chi connectivity index (χ4v) is 1.58. The number of urea groups is 1. The van der Waals surface area contributed by atoms with E-state index in [0.29, 0.717) is 5.69 Å². The predicted octanol–water partition coefficient (Wildman–Crippen LogP) is 2.62. The minimum absolute atomic E-state index is 0.522. The largest absolute Gasteiger partial charge is 0.480 e. The third-order valence-electron chi connectivity index (χ3n) is 2.70. The van der Waals surface area contributed by atoms with Crippen LogP contribution in [-0.2, 0) is 4.79 Å². The van der Waals surface area contributed by atoms with Gasteiger partial charge in [0.25, 0.3) is 0 Å². The number of aryl methyl sites for hydroxylation is 1. The van der Waals surface area contributed by atoms with E-state index in [0.717, 1.165) is 5.56 Å². The highest BCUT2D eigenvalue weighted by Crippen LogP contribution is 2.19. The van der Waals surface area contributed by atoms with Crippen LogP contribution in [0, 0.1) is 12.3 Å². The zero-order valence-corrected chi connectivity index (χ0v) is 11.7. The van der Waals surface area contributed by atoms with Crippen LogP contribution >= 0.6 is 0 Å². The second-order valence-electron chi connectivity index (χ2n) is 5.60. The van der Waals surface area contributed by atoms with Crippen LogP contribution in [0.4, 0.5) is 10.5 Å². The van der Waals surface area contributed by atoms with Gasteiger partial charge in [-0.05, 0) is 24.5 Å². The molecule has 1 aromatic rings. The summed E-state index contributed by atoms with van der Waals surface area (Å²) in [6, 6.07) is 5.80. The summed E-state index contributed by atoms with van der Waals surface area (Å²) in [5.41, 5.74) is 1.15. The van der Waals surface area contributed by atoms with Crippen LogP contribution in [-0.4, -0.2) is 23.1 Å². The molecule has 0 radical (unpaired) electrons. The second-order valence-corrected chi connectivity index (χ2v) is 5.60. The third-order valence-corrected chi connectivity index (χ3v) is 2.70. The van der Waals surface area contributed by atoms with E-state index in [-0.39, 0.29) is 0 Å². The predicted molar refractivity (Wildman–Crippen MR) is 74.2 cm³/mol. The summed E-state index contributed by atoms with van der Waals surface area (Å²) in [4.78, 5) is 22.9. The number of rotatable bonds is 3. The van der Waals surface area contributed by atoms with Crippen LogP contribution in [0.25, 0.3) is 0 Å². The Bertz CT molecular complexity index is 461. The van der Waals surface area contributed by atoms with E-state index in [1.807, 2.05) is 19.1 Å². The lowest BCUT2D eigenvalue weighted by molar-refractivity contribution is -0.141. The van der Waals surface area contributed by atoms with Crippen molar-refractivity contribution in [1.29, 1.82) is 0 Å². The minimum atomic E-state index is -1.05. The lowest BCUT2D eigenvalue weighted by atomic mass is 9.87. The molecular weight excluding hydrogens is 244 g/mol. The Balaban J connectivity index is 2.68. The molecule has 0 saturated carbocycles. The number of anilines is 1. The molecule has 2 amide bonds. The average molecular weight is 264 g/mol. The Kier molecular flexibility index (Phi) is 4.53. The summed E-state index contributed by atoms with van der Waals surface area (Å²) in [6.45, 7) is 7.23. The van der Waals surface area contributed by atoms with Crippen molar-refractivity contribution < 1.29 is 14.7 Å². The van der Waals surface area contributed by atoms with Crippen molar-refractivity contribution in [1.82, 2.24) is 5.32 Å². The number of amides is 2. The molecule has 0 saturated heterocycles. The number of carbonyl (C=O) groups is 2. The highest BCUT2D eigenvalue weighted by atomic mass is 16.4. The maximum Gasteiger partial charge on any atom is 0.326 e. The van der Waals surface area contributed by atoms with E-state index < -0.39 is 23.5 Å². The average Bonchev–Trinajstić information content (AvgIpc) is 2.27. The molecule has 0 fully saturated rings. The molecule has 0 bridgehead atoms. The highest BCUT2D eigenvalue weighted by Gasteiger charge is 2.32. The van der Waals surface area contributed by atoms with Crippen molar-refractivity contribution >= 4 is 17.7 Å². The maximum absolute atomic E-state index is 11.8. The Hall–Kier alpha value is -2.04. The van der Waals surface area contributed by atoms with Gasteiger partial charge in [-0.15, -0.1) is 0 Å². The molecule has 0 unspecified atom stereocenters. The number of carboxylic acid groups (broad SMARTS) is 1. The molecule has 0 aliphatic rings. The lowest BCUT2D eigenvalue weighted by Crippen LogP contribution is -2.50. The van der Waals surface area contributed by atoms with Gasteiger partial charge < -0.3 is 15.7 Å². The number of aliphatic carboxylic acids is 1. The quantitative estimate of drug-likeness (QED) is 0.785. The molecule has 19 heavy (non-hydrogen) atoms. The van der Waals surface area contributed by atoms with Crippen molar-refractivity contribution in [2.45, 2.75) is 33.7 Å². The monoisotopic (exact) mass is 264 g/mol. The summed E-state index contributed by atoms with van der Waals surface area (Å²) in [7, 11) is 0. The molecule has 0 aromatic heterocycles. The molecule has 1 rings (SSSR count). The smallest absolute Gasteiger partial charge is 0.326 e. The van der Waals surface area contributed by atoms with Gasteiger partial charge in [0, 0.05) is 5.69 Å². The van der Waals surface area contributed by atoms with Crippen molar-refractivity contribution in [2.75, 3.05) is 5.32 Å². The van der Waals surface area contributed by atoms with E-state index in [1.165, 1.54) is 0 Å². The molecule has 104 valence electrons. The van der Waals surface area contributed by atoms with E-state index >= 15 is 0 Å².